The number of nitrogens with zero attached hydrogens (tertiary/aromatic N) is 1. The van der Waals surface area contributed by atoms with E-state index in [4.69, 9.17) is 9.47 Å². The number of hydrogen-bond donors (Lipinski definition) is 0. The summed E-state index contributed by atoms with van der Waals surface area (Å²) in [5.41, 5.74) is -0.114. The van der Waals surface area contributed by atoms with Crippen LogP contribution >= 0.6 is 0 Å². The van der Waals surface area contributed by atoms with Gasteiger partial charge in [-0.25, -0.2) is 9.78 Å². The fraction of sp³-hybridized carbons (Fsp3) is 0.538. The Bertz CT molecular complexity index is 424. The molecule has 1 aliphatic carbocycles. The first-order chi connectivity index (χ1) is 8.70. The zero-order valence-electron chi connectivity index (χ0n) is 10.3. The first-order valence-electron chi connectivity index (χ1n) is 6.05. The van der Waals surface area contributed by atoms with Gasteiger partial charge in [0.1, 0.15) is 11.7 Å². The van der Waals surface area contributed by atoms with Gasteiger partial charge in [0.2, 0.25) is 5.95 Å². The molecule has 5 heteroatoms. The molecule has 1 fully saturated rings. The minimum Gasteiger partial charge on any atom is -0.459 e. The fourth-order valence-corrected chi connectivity index (χ4v) is 2.18. The Hall–Kier alpha value is -1.49. The average Bonchev–Trinajstić information content (AvgIpc) is 2.39. The number of methoxy groups -OCH3 is 1. The first-order valence-corrected chi connectivity index (χ1v) is 6.05. The van der Waals surface area contributed by atoms with Crippen molar-refractivity contribution in [2.24, 2.45) is 0 Å². The topological polar surface area (TPSA) is 48.4 Å². The van der Waals surface area contributed by atoms with Gasteiger partial charge in [-0.05, 0) is 31.4 Å². The molecule has 0 N–H and O–H groups in total. The molecule has 1 aliphatic rings. The van der Waals surface area contributed by atoms with Gasteiger partial charge in [-0.2, -0.15) is 4.39 Å². The van der Waals surface area contributed by atoms with E-state index >= 15 is 0 Å². The number of ether oxygens (including phenoxy) is 2. The third-order valence-corrected chi connectivity index (χ3v) is 3.16. The van der Waals surface area contributed by atoms with Crippen LogP contribution in [0.25, 0.3) is 0 Å². The first kappa shape index (κ1) is 13.0. The minimum atomic E-state index is -0.790. The largest absolute Gasteiger partial charge is 0.459 e. The number of rotatable bonds is 3. The number of halogens is 1. The smallest absolute Gasteiger partial charge is 0.343 e. The standard InChI is InChI=1S/C13H16FNO3/c1-17-9-4-2-5-10(8-9)18-13(16)11-6-3-7-15-12(11)14/h3,6-7,9-10H,2,4-5,8H2,1H3. The highest BCUT2D eigenvalue weighted by Crippen LogP contribution is 2.24. The van der Waals surface area contributed by atoms with Crippen molar-refractivity contribution in [1.82, 2.24) is 4.98 Å². The quantitative estimate of drug-likeness (QED) is 0.612. The van der Waals surface area contributed by atoms with Crippen molar-refractivity contribution in [2.45, 2.75) is 37.9 Å². The highest BCUT2D eigenvalue weighted by atomic mass is 19.1. The van der Waals surface area contributed by atoms with Gasteiger partial charge in [0, 0.05) is 19.7 Å². The number of esters is 1. The molecule has 1 heterocycles. The van der Waals surface area contributed by atoms with Crippen molar-refractivity contribution in [3.8, 4) is 0 Å². The van der Waals surface area contributed by atoms with Crippen LogP contribution in [0, 0.1) is 5.95 Å². The Kier molecular flexibility index (Phi) is 4.25. The Morgan fingerprint density at radius 2 is 2.22 bits per heavy atom. The zero-order valence-corrected chi connectivity index (χ0v) is 10.3. The van der Waals surface area contributed by atoms with E-state index in [1.165, 1.54) is 18.3 Å². The summed E-state index contributed by atoms with van der Waals surface area (Å²) in [7, 11) is 1.65. The van der Waals surface area contributed by atoms with E-state index in [-0.39, 0.29) is 17.8 Å². The van der Waals surface area contributed by atoms with Crippen LogP contribution in [0.2, 0.25) is 0 Å². The molecule has 0 amide bonds. The van der Waals surface area contributed by atoms with Crippen LogP contribution in [0.4, 0.5) is 4.39 Å². The minimum absolute atomic E-state index is 0.114. The summed E-state index contributed by atoms with van der Waals surface area (Å²) in [5.74, 6) is -1.44. The lowest BCUT2D eigenvalue weighted by Crippen LogP contribution is -2.29. The highest BCUT2D eigenvalue weighted by molar-refractivity contribution is 5.89. The van der Waals surface area contributed by atoms with Gasteiger partial charge in [-0.3, -0.25) is 0 Å². The van der Waals surface area contributed by atoms with E-state index in [2.05, 4.69) is 4.98 Å². The Morgan fingerprint density at radius 1 is 1.44 bits per heavy atom. The van der Waals surface area contributed by atoms with Crippen LogP contribution in [-0.2, 0) is 9.47 Å². The molecule has 2 unspecified atom stereocenters. The van der Waals surface area contributed by atoms with E-state index in [1.54, 1.807) is 7.11 Å². The van der Waals surface area contributed by atoms with Crippen LogP contribution in [0.15, 0.2) is 18.3 Å². The fourth-order valence-electron chi connectivity index (χ4n) is 2.18. The molecular formula is C13H16FNO3. The van der Waals surface area contributed by atoms with E-state index in [0.29, 0.717) is 6.42 Å². The monoisotopic (exact) mass is 253 g/mol. The number of aromatic nitrogens is 1. The van der Waals surface area contributed by atoms with E-state index in [9.17, 15) is 9.18 Å². The van der Waals surface area contributed by atoms with Gasteiger partial charge in [-0.15, -0.1) is 0 Å². The maximum atomic E-state index is 13.3. The normalized spacial score (nSPS) is 23.7. The maximum Gasteiger partial charge on any atom is 0.343 e. The van der Waals surface area contributed by atoms with E-state index in [0.717, 1.165) is 19.3 Å². The lowest BCUT2D eigenvalue weighted by molar-refractivity contribution is -0.0152. The number of carbonyl (C=O) groups is 1. The van der Waals surface area contributed by atoms with Crippen molar-refractivity contribution in [2.75, 3.05) is 7.11 Å². The molecule has 1 aromatic heterocycles. The molecule has 0 aromatic carbocycles. The van der Waals surface area contributed by atoms with Gasteiger partial charge < -0.3 is 9.47 Å². The number of hydrogen-bond acceptors (Lipinski definition) is 4. The molecule has 0 aliphatic heterocycles. The van der Waals surface area contributed by atoms with Gasteiger partial charge in [0.25, 0.3) is 0 Å². The summed E-state index contributed by atoms with van der Waals surface area (Å²) in [5, 5.41) is 0. The van der Waals surface area contributed by atoms with Crippen molar-refractivity contribution >= 4 is 5.97 Å². The third kappa shape index (κ3) is 3.04. The molecule has 0 spiro atoms. The van der Waals surface area contributed by atoms with E-state index < -0.39 is 11.9 Å². The number of carbonyl (C=O) groups excluding carboxylic acids is 1. The van der Waals surface area contributed by atoms with Crippen LogP contribution < -0.4 is 0 Å². The second-order valence-corrected chi connectivity index (χ2v) is 4.39. The molecule has 98 valence electrons. The molecule has 2 atom stereocenters. The van der Waals surface area contributed by atoms with Crippen LogP contribution in [0.5, 0.6) is 0 Å². The predicted molar refractivity (Wildman–Crippen MR) is 62.7 cm³/mol. The molecule has 18 heavy (non-hydrogen) atoms. The zero-order chi connectivity index (χ0) is 13.0. The molecule has 2 rings (SSSR count). The van der Waals surface area contributed by atoms with Gasteiger partial charge in [0.15, 0.2) is 0 Å². The number of pyridine rings is 1. The highest BCUT2D eigenvalue weighted by Gasteiger charge is 2.26. The average molecular weight is 253 g/mol. The second-order valence-electron chi connectivity index (χ2n) is 4.39. The third-order valence-electron chi connectivity index (χ3n) is 3.16. The Labute approximate surface area is 105 Å². The Morgan fingerprint density at radius 3 is 2.94 bits per heavy atom. The van der Waals surface area contributed by atoms with Crippen LogP contribution in [-0.4, -0.2) is 30.3 Å². The predicted octanol–water partition coefficient (Wildman–Crippen LogP) is 2.34. The SMILES string of the molecule is COC1CCCC(OC(=O)c2cccnc2F)C1. The van der Waals surface area contributed by atoms with Gasteiger partial charge >= 0.3 is 5.97 Å². The lowest BCUT2D eigenvalue weighted by atomic mass is 9.95. The molecule has 0 radical (unpaired) electrons. The summed E-state index contributed by atoms with van der Waals surface area (Å²) in [4.78, 5) is 15.2. The van der Waals surface area contributed by atoms with E-state index in [1.807, 2.05) is 0 Å². The summed E-state index contributed by atoms with van der Waals surface area (Å²) in [6.45, 7) is 0. The maximum absolute atomic E-state index is 13.3. The lowest BCUT2D eigenvalue weighted by Gasteiger charge is -2.27. The summed E-state index contributed by atoms with van der Waals surface area (Å²) >= 11 is 0. The summed E-state index contributed by atoms with van der Waals surface area (Å²) in [6.07, 6.45) is 4.62. The molecule has 0 bridgehead atoms. The molecule has 1 saturated carbocycles. The summed E-state index contributed by atoms with van der Waals surface area (Å²) in [6, 6.07) is 2.89. The Balaban J connectivity index is 1.97. The van der Waals surface area contributed by atoms with Crippen molar-refractivity contribution in [3.63, 3.8) is 0 Å². The molecule has 1 aromatic rings. The van der Waals surface area contributed by atoms with Crippen LogP contribution in [0.3, 0.4) is 0 Å². The molecule has 0 saturated heterocycles. The van der Waals surface area contributed by atoms with Gasteiger partial charge in [-0.1, -0.05) is 0 Å². The molecule has 4 nitrogen and oxygen atoms in total. The second kappa shape index (κ2) is 5.91. The van der Waals surface area contributed by atoms with Crippen LogP contribution in [0.1, 0.15) is 36.0 Å². The van der Waals surface area contributed by atoms with Crippen molar-refractivity contribution < 1.29 is 18.7 Å². The van der Waals surface area contributed by atoms with Gasteiger partial charge in [0.05, 0.1) is 6.10 Å². The molecular weight excluding hydrogens is 237 g/mol. The van der Waals surface area contributed by atoms with Crippen molar-refractivity contribution in [1.29, 1.82) is 0 Å². The van der Waals surface area contributed by atoms with Crippen molar-refractivity contribution in [3.05, 3.63) is 29.8 Å². The summed E-state index contributed by atoms with van der Waals surface area (Å²) < 4.78 is 23.8.